The summed E-state index contributed by atoms with van der Waals surface area (Å²) in [5.41, 5.74) is 1.58. The number of benzene rings is 1. The zero-order valence-electron chi connectivity index (χ0n) is 9.53. The molecule has 0 radical (unpaired) electrons. The first-order valence-corrected chi connectivity index (χ1v) is 6.09. The van der Waals surface area contributed by atoms with Crippen LogP contribution in [0.25, 0.3) is 10.9 Å². The molecule has 1 heterocycles. The normalized spacial score (nSPS) is 15.2. The Hall–Kier alpha value is -1.48. The van der Waals surface area contributed by atoms with Crippen molar-refractivity contribution in [1.82, 2.24) is 9.88 Å². The second kappa shape index (κ2) is 3.77. The predicted octanol–water partition coefficient (Wildman–Crippen LogP) is 2.72. The molecule has 1 aliphatic rings. The van der Waals surface area contributed by atoms with Crippen LogP contribution in [0.3, 0.4) is 0 Å². The highest BCUT2D eigenvalue weighted by Gasteiger charge is 2.25. The fraction of sp³-hybridized carbons (Fsp3) is 0.308. The van der Waals surface area contributed by atoms with E-state index in [-0.39, 0.29) is 5.91 Å². The van der Waals surface area contributed by atoms with Crippen molar-refractivity contribution >= 4 is 28.4 Å². The van der Waals surface area contributed by atoms with Crippen LogP contribution in [0, 0.1) is 0 Å². The number of amides is 1. The van der Waals surface area contributed by atoms with E-state index in [9.17, 15) is 4.79 Å². The second-order valence-electron chi connectivity index (χ2n) is 4.51. The van der Waals surface area contributed by atoms with Gasteiger partial charge in [0.25, 0.3) is 5.91 Å². The molecule has 17 heavy (non-hydrogen) atoms. The summed E-state index contributed by atoms with van der Waals surface area (Å²) < 4.78 is 1.86. The molecule has 0 unspecified atom stereocenters. The third-order valence-electron chi connectivity index (χ3n) is 3.15. The van der Waals surface area contributed by atoms with Gasteiger partial charge in [0.05, 0.1) is 10.5 Å². The molecule has 0 aliphatic heterocycles. The molecule has 0 spiro atoms. The van der Waals surface area contributed by atoms with E-state index in [1.165, 1.54) is 0 Å². The Bertz CT molecular complexity index is 599. The van der Waals surface area contributed by atoms with Crippen LogP contribution in [0.4, 0.5) is 0 Å². The maximum atomic E-state index is 12.0. The number of halogens is 1. The number of hydrogen-bond donors (Lipinski definition) is 1. The molecular formula is C13H13ClN2O. The summed E-state index contributed by atoms with van der Waals surface area (Å²) in [7, 11) is 1.87. The highest BCUT2D eigenvalue weighted by atomic mass is 35.5. The highest BCUT2D eigenvalue weighted by Crippen LogP contribution is 2.26. The number of carbonyl (C=O) groups is 1. The Morgan fingerprint density at radius 2 is 2.24 bits per heavy atom. The van der Waals surface area contributed by atoms with Crippen LogP contribution in [0.2, 0.25) is 5.02 Å². The molecule has 1 aromatic carbocycles. The predicted molar refractivity (Wildman–Crippen MR) is 68.4 cm³/mol. The van der Waals surface area contributed by atoms with Crippen molar-refractivity contribution in [3.8, 4) is 0 Å². The minimum absolute atomic E-state index is 0.0118. The van der Waals surface area contributed by atoms with Crippen LogP contribution in [0.5, 0.6) is 0 Å². The molecule has 1 aliphatic carbocycles. The van der Waals surface area contributed by atoms with Gasteiger partial charge < -0.3 is 9.88 Å². The van der Waals surface area contributed by atoms with Gasteiger partial charge in [-0.05, 0) is 25.0 Å². The molecule has 1 aromatic heterocycles. The van der Waals surface area contributed by atoms with Crippen molar-refractivity contribution < 1.29 is 4.79 Å². The topological polar surface area (TPSA) is 34.0 Å². The number of hydrogen-bond acceptors (Lipinski definition) is 1. The van der Waals surface area contributed by atoms with Gasteiger partial charge in [0.1, 0.15) is 5.69 Å². The maximum Gasteiger partial charge on any atom is 0.268 e. The Labute approximate surface area is 104 Å². The van der Waals surface area contributed by atoms with Crippen LogP contribution in [-0.2, 0) is 7.05 Å². The average Bonchev–Trinajstić information content (AvgIpc) is 3.02. The lowest BCUT2D eigenvalue weighted by Gasteiger charge is -2.05. The Morgan fingerprint density at radius 1 is 1.47 bits per heavy atom. The molecule has 1 amide bonds. The minimum Gasteiger partial charge on any atom is -0.348 e. The Morgan fingerprint density at radius 3 is 2.88 bits per heavy atom. The largest absolute Gasteiger partial charge is 0.348 e. The quantitative estimate of drug-likeness (QED) is 0.871. The van der Waals surface area contributed by atoms with Gasteiger partial charge in [-0.25, -0.2) is 0 Å². The molecular weight excluding hydrogens is 236 g/mol. The molecule has 88 valence electrons. The van der Waals surface area contributed by atoms with Gasteiger partial charge >= 0.3 is 0 Å². The van der Waals surface area contributed by atoms with E-state index in [4.69, 9.17) is 11.6 Å². The third kappa shape index (κ3) is 1.80. The van der Waals surface area contributed by atoms with Gasteiger partial charge in [0.15, 0.2) is 0 Å². The molecule has 3 rings (SSSR count). The summed E-state index contributed by atoms with van der Waals surface area (Å²) in [6.45, 7) is 0. The molecule has 0 bridgehead atoms. The zero-order valence-corrected chi connectivity index (χ0v) is 10.3. The van der Waals surface area contributed by atoms with Crippen LogP contribution < -0.4 is 5.32 Å². The van der Waals surface area contributed by atoms with Crippen molar-refractivity contribution in [2.24, 2.45) is 7.05 Å². The smallest absolute Gasteiger partial charge is 0.268 e. The number of nitrogens with zero attached hydrogens (tertiary/aromatic N) is 1. The van der Waals surface area contributed by atoms with Crippen molar-refractivity contribution in [3.63, 3.8) is 0 Å². The van der Waals surface area contributed by atoms with E-state index in [1.807, 2.05) is 35.9 Å². The summed E-state index contributed by atoms with van der Waals surface area (Å²) >= 11 is 6.15. The zero-order chi connectivity index (χ0) is 12.0. The van der Waals surface area contributed by atoms with E-state index in [0.29, 0.717) is 16.8 Å². The van der Waals surface area contributed by atoms with Gasteiger partial charge in [-0.3, -0.25) is 4.79 Å². The maximum absolute atomic E-state index is 12.0. The molecule has 2 aromatic rings. The summed E-state index contributed by atoms with van der Waals surface area (Å²) in [5, 5.41) is 4.67. The minimum atomic E-state index is -0.0118. The number of nitrogens with one attached hydrogen (secondary N) is 1. The number of aryl methyl sites for hydroxylation is 1. The number of carbonyl (C=O) groups excluding carboxylic acids is 1. The summed E-state index contributed by atoms with van der Waals surface area (Å²) in [4.78, 5) is 12.0. The molecule has 1 saturated carbocycles. The first kappa shape index (κ1) is 10.7. The van der Waals surface area contributed by atoms with Gasteiger partial charge in [-0.15, -0.1) is 0 Å². The standard InChI is InChI=1S/C13H13ClN2O/c1-16-11(13(17)15-9-5-6-9)7-8-3-2-4-10(14)12(8)16/h2-4,7,9H,5-6H2,1H3,(H,15,17). The van der Waals surface area contributed by atoms with E-state index in [1.54, 1.807) is 0 Å². The van der Waals surface area contributed by atoms with E-state index >= 15 is 0 Å². The number of para-hydroxylation sites is 1. The second-order valence-corrected chi connectivity index (χ2v) is 4.92. The Kier molecular flexibility index (Phi) is 2.37. The molecule has 3 nitrogen and oxygen atoms in total. The summed E-state index contributed by atoms with van der Waals surface area (Å²) in [6.07, 6.45) is 2.19. The molecule has 0 saturated heterocycles. The molecule has 0 atom stereocenters. The summed E-state index contributed by atoms with van der Waals surface area (Å²) in [6, 6.07) is 7.96. The number of fused-ring (bicyclic) bond motifs is 1. The Balaban J connectivity index is 2.07. The lowest BCUT2D eigenvalue weighted by Crippen LogP contribution is -2.27. The van der Waals surface area contributed by atoms with Crippen molar-refractivity contribution in [2.75, 3.05) is 0 Å². The number of aromatic nitrogens is 1. The van der Waals surface area contributed by atoms with Crippen LogP contribution >= 0.6 is 11.6 Å². The van der Waals surface area contributed by atoms with E-state index in [0.717, 1.165) is 23.7 Å². The van der Waals surface area contributed by atoms with Crippen LogP contribution in [-0.4, -0.2) is 16.5 Å². The number of rotatable bonds is 2. The third-order valence-corrected chi connectivity index (χ3v) is 3.46. The lowest BCUT2D eigenvalue weighted by atomic mass is 10.2. The first-order chi connectivity index (χ1) is 8.16. The van der Waals surface area contributed by atoms with Gasteiger partial charge in [-0.1, -0.05) is 23.7 Å². The van der Waals surface area contributed by atoms with Crippen molar-refractivity contribution in [1.29, 1.82) is 0 Å². The van der Waals surface area contributed by atoms with Crippen molar-refractivity contribution in [2.45, 2.75) is 18.9 Å². The molecule has 1 N–H and O–H groups in total. The molecule has 1 fully saturated rings. The van der Waals surface area contributed by atoms with Crippen molar-refractivity contribution in [3.05, 3.63) is 35.0 Å². The molecule has 4 heteroatoms. The monoisotopic (exact) mass is 248 g/mol. The first-order valence-electron chi connectivity index (χ1n) is 5.71. The van der Waals surface area contributed by atoms with Crippen LogP contribution in [0.15, 0.2) is 24.3 Å². The highest BCUT2D eigenvalue weighted by molar-refractivity contribution is 6.35. The van der Waals surface area contributed by atoms with Gasteiger partial charge in [0, 0.05) is 18.5 Å². The lowest BCUT2D eigenvalue weighted by molar-refractivity contribution is 0.0943. The SMILES string of the molecule is Cn1c(C(=O)NC2CC2)cc2cccc(Cl)c21. The van der Waals surface area contributed by atoms with E-state index < -0.39 is 0 Å². The van der Waals surface area contributed by atoms with Gasteiger partial charge in [0.2, 0.25) is 0 Å². The van der Waals surface area contributed by atoms with E-state index in [2.05, 4.69) is 5.32 Å². The summed E-state index contributed by atoms with van der Waals surface area (Å²) in [5.74, 6) is -0.0118. The van der Waals surface area contributed by atoms with Crippen LogP contribution in [0.1, 0.15) is 23.3 Å². The fourth-order valence-corrected chi connectivity index (χ4v) is 2.38. The van der Waals surface area contributed by atoms with Gasteiger partial charge in [-0.2, -0.15) is 0 Å². The average molecular weight is 249 g/mol. The fourth-order valence-electron chi connectivity index (χ4n) is 2.07.